The minimum absolute atomic E-state index is 0.273. The molecule has 3 nitrogen and oxygen atoms in total. The standard InChI is InChI=1S/C12H7ClFN3/c13-9-5-6-17-11(7-9)15-16-12(17)8-1-3-10(14)4-2-8/h1-7H. The molecule has 2 aromatic heterocycles. The molecule has 5 heteroatoms. The average Bonchev–Trinajstić information content (AvgIpc) is 2.73. The van der Waals surface area contributed by atoms with Crippen molar-refractivity contribution in [2.75, 3.05) is 0 Å². The van der Waals surface area contributed by atoms with Crippen LogP contribution in [0.15, 0.2) is 42.6 Å². The quantitative estimate of drug-likeness (QED) is 0.661. The fourth-order valence-electron chi connectivity index (χ4n) is 1.66. The predicted octanol–water partition coefficient (Wildman–Crippen LogP) is 3.19. The fraction of sp³-hybridized carbons (Fsp3) is 0. The van der Waals surface area contributed by atoms with Crippen molar-refractivity contribution >= 4 is 17.2 Å². The van der Waals surface area contributed by atoms with Crippen LogP contribution in [0.1, 0.15) is 0 Å². The molecule has 0 aliphatic rings. The number of nitrogens with zero attached hydrogens (tertiary/aromatic N) is 3. The van der Waals surface area contributed by atoms with Crippen molar-refractivity contribution in [2.45, 2.75) is 0 Å². The number of rotatable bonds is 1. The highest BCUT2D eigenvalue weighted by atomic mass is 35.5. The van der Waals surface area contributed by atoms with Crippen LogP contribution in [0.5, 0.6) is 0 Å². The van der Waals surface area contributed by atoms with Gasteiger partial charge in [-0.15, -0.1) is 10.2 Å². The number of hydrogen-bond acceptors (Lipinski definition) is 2. The molecule has 0 saturated carbocycles. The molecule has 3 aromatic rings. The summed E-state index contributed by atoms with van der Waals surface area (Å²) in [5, 5.41) is 8.69. The molecule has 0 N–H and O–H groups in total. The van der Waals surface area contributed by atoms with E-state index in [2.05, 4.69) is 10.2 Å². The summed E-state index contributed by atoms with van der Waals surface area (Å²) in [5.41, 5.74) is 1.47. The Labute approximate surface area is 101 Å². The molecule has 0 unspecified atom stereocenters. The maximum Gasteiger partial charge on any atom is 0.168 e. The van der Waals surface area contributed by atoms with Gasteiger partial charge in [0.25, 0.3) is 0 Å². The van der Waals surface area contributed by atoms with Gasteiger partial charge in [-0.1, -0.05) is 11.6 Å². The Kier molecular flexibility index (Phi) is 2.30. The summed E-state index contributed by atoms with van der Waals surface area (Å²) in [6, 6.07) is 9.60. The van der Waals surface area contributed by atoms with Crippen molar-refractivity contribution < 1.29 is 4.39 Å². The third kappa shape index (κ3) is 1.76. The fourth-order valence-corrected chi connectivity index (χ4v) is 1.82. The van der Waals surface area contributed by atoms with Crippen molar-refractivity contribution in [2.24, 2.45) is 0 Å². The van der Waals surface area contributed by atoms with E-state index >= 15 is 0 Å². The van der Waals surface area contributed by atoms with E-state index in [9.17, 15) is 4.39 Å². The molecule has 2 heterocycles. The van der Waals surface area contributed by atoms with E-state index in [-0.39, 0.29) is 5.82 Å². The van der Waals surface area contributed by atoms with E-state index < -0.39 is 0 Å². The van der Waals surface area contributed by atoms with Crippen molar-refractivity contribution in [1.82, 2.24) is 14.6 Å². The van der Waals surface area contributed by atoms with Gasteiger partial charge in [-0.2, -0.15) is 0 Å². The average molecular weight is 248 g/mol. The second-order valence-corrected chi connectivity index (χ2v) is 4.04. The maximum atomic E-state index is 12.8. The highest BCUT2D eigenvalue weighted by Gasteiger charge is 2.07. The Morgan fingerprint density at radius 3 is 2.59 bits per heavy atom. The minimum atomic E-state index is -0.273. The van der Waals surface area contributed by atoms with Crippen LogP contribution in [0.25, 0.3) is 17.0 Å². The van der Waals surface area contributed by atoms with E-state index in [0.717, 1.165) is 5.56 Å². The number of pyridine rings is 1. The third-order valence-corrected chi connectivity index (χ3v) is 2.71. The molecule has 0 radical (unpaired) electrons. The summed E-state index contributed by atoms with van der Waals surface area (Å²) >= 11 is 5.86. The Morgan fingerprint density at radius 1 is 1.06 bits per heavy atom. The van der Waals surface area contributed by atoms with Crippen molar-refractivity contribution in [3.8, 4) is 11.4 Å². The van der Waals surface area contributed by atoms with Crippen molar-refractivity contribution in [1.29, 1.82) is 0 Å². The lowest BCUT2D eigenvalue weighted by molar-refractivity contribution is 0.628. The Bertz CT molecular complexity index is 676. The highest BCUT2D eigenvalue weighted by molar-refractivity contribution is 6.30. The van der Waals surface area contributed by atoms with Gasteiger partial charge in [0.2, 0.25) is 0 Å². The predicted molar refractivity (Wildman–Crippen MR) is 63.4 cm³/mol. The van der Waals surface area contributed by atoms with Gasteiger partial charge in [0.1, 0.15) is 5.82 Å². The molecule has 0 aliphatic carbocycles. The topological polar surface area (TPSA) is 30.2 Å². The highest BCUT2D eigenvalue weighted by Crippen LogP contribution is 2.20. The van der Waals surface area contributed by atoms with E-state index in [1.54, 1.807) is 34.9 Å². The second-order valence-electron chi connectivity index (χ2n) is 3.60. The van der Waals surface area contributed by atoms with Gasteiger partial charge in [0, 0.05) is 22.8 Å². The number of hydrogen-bond donors (Lipinski definition) is 0. The molecule has 84 valence electrons. The Hall–Kier alpha value is -1.94. The molecular formula is C12H7ClFN3. The summed E-state index contributed by atoms with van der Waals surface area (Å²) in [6.45, 7) is 0. The molecule has 0 aliphatic heterocycles. The summed E-state index contributed by atoms with van der Waals surface area (Å²) < 4.78 is 14.6. The Balaban J connectivity index is 2.21. The lowest BCUT2D eigenvalue weighted by Gasteiger charge is -1.99. The summed E-state index contributed by atoms with van der Waals surface area (Å²) in [6.07, 6.45) is 1.79. The summed E-state index contributed by atoms with van der Waals surface area (Å²) in [5.74, 6) is 0.391. The normalized spacial score (nSPS) is 10.9. The van der Waals surface area contributed by atoms with Gasteiger partial charge in [0.05, 0.1) is 0 Å². The van der Waals surface area contributed by atoms with Crippen LogP contribution in [0.4, 0.5) is 4.39 Å². The molecule has 0 saturated heterocycles. The summed E-state index contributed by atoms with van der Waals surface area (Å²) in [7, 11) is 0. The first-order valence-electron chi connectivity index (χ1n) is 5.00. The Morgan fingerprint density at radius 2 is 1.82 bits per heavy atom. The van der Waals surface area contributed by atoms with Crippen molar-refractivity contribution in [3.05, 3.63) is 53.4 Å². The molecule has 1 aromatic carbocycles. The number of halogens is 2. The number of benzene rings is 1. The van der Waals surface area contributed by atoms with Crippen molar-refractivity contribution in [3.63, 3.8) is 0 Å². The molecule has 0 amide bonds. The molecule has 17 heavy (non-hydrogen) atoms. The zero-order valence-electron chi connectivity index (χ0n) is 8.64. The van der Waals surface area contributed by atoms with E-state index in [4.69, 9.17) is 11.6 Å². The lowest BCUT2D eigenvalue weighted by Crippen LogP contribution is -1.88. The SMILES string of the molecule is Fc1ccc(-c2nnc3cc(Cl)ccn23)cc1. The largest absolute Gasteiger partial charge is 0.282 e. The summed E-state index contributed by atoms with van der Waals surface area (Å²) in [4.78, 5) is 0. The molecule has 3 rings (SSSR count). The van der Waals surface area contributed by atoms with Gasteiger partial charge in [-0.25, -0.2) is 4.39 Å². The molecule has 0 atom stereocenters. The molecule has 0 fully saturated rings. The van der Waals surface area contributed by atoms with Gasteiger partial charge in [-0.3, -0.25) is 4.40 Å². The number of aromatic nitrogens is 3. The zero-order chi connectivity index (χ0) is 11.8. The van der Waals surface area contributed by atoms with E-state index in [0.29, 0.717) is 16.5 Å². The van der Waals surface area contributed by atoms with Gasteiger partial charge in [-0.05, 0) is 30.3 Å². The molecular weight excluding hydrogens is 241 g/mol. The lowest BCUT2D eigenvalue weighted by atomic mass is 10.2. The first kappa shape index (κ1) is 10.2. The number of fused-ring (bicyclic) bond motifs is 1. The van der Waals surface area contributed by atoms with Crippen LogP contribution >= 0.6 is 11.6 Å². The third-order valence-electron chi connectivity index (χ3n) is 2.47. The smallest absolute Gasteiger partial charge is 0.168 e. The van der Waals surface area contributed by atoms with Crippen LogP contribution in [0, 0.1) is 5.82 Å². The minimum Gasteiger partial charge on any atom is -0.282 e. The molecule has 0 spiro atoms. The van der Waals surface area contributed by atoms with Crippen LogP contribution < -0.4 is 0 Å². The molecule has 0 bridgehead atoms. The van der Waals surface area contributed by atoms with E-state index in [1.807, 2.05) is 0 Å². The van der Waals surface area contributed by atoms with Crippen LogP contribution in [0.3, 0.4) is 0 Å². The van der Waals surface area contributed by atoms with E-state index in [1.165, 1.54) is 12.1 Å². The van der Waals surface area contributed by atoms with Crippen LogP contribution in [-0.4, -0.2) is 14.6 Å². The van der Waals surface area contributed by atoms with Crippen LogP contribution in [0.2, 0.25) is 5.02 Å². The van der Waals surface area contributed by atoms with Gasteiger partial charge >= 0.3 is 0 Å². The second kappa shape index (κ2) is 3.82. The van der Waals surface area contributed by atoms with Gasteiger partial charge in [0.15, 0.2) is 11.5 Å². The van der Waals surface area contributed by atoms with Crippen LogP contribution in [-0.2, 0) is 0 Å². The maximum absolute atomic E-state index is 12.8. The zero-order valence-corrected chi connectivity index (χ0v) is 9.39. The first-order valence-corrected chi connectivity index (χ1v) is 5.38. The first-order chi connectivity index (χ1) is 8.24. The monoisotopic (exact) mass is 247 g/mol. The van der Waals surface area contributed by atoms with Gasteiger partial charge < -0.3 is 0 Å².